The van der Waals surface area contributed by atoms with E-state index in [2.05, 4.69) is 26.8 Å². The molecule has 3 rings (SSSR count). The van der Waals surface area contributed by atoms with Gasteiger partial charge in [0.1, 0.15) is 0 Å². The van der Waals surface area contributed by atoms with Gasteiger partial charge in [0.05, 0.1) is 13.7 Å². The van der Waals surface area contributed by atoms with Crippen molar-refractivity contribution in [1.29, 1.82) is 0 Å². The minimum atomic E-state index is -0.250. The average molecular weight is 409 g/mol. The summed E-state index contributed by atoms with van der Waals surface area (Å²) < 4.78 is 13.0. The molecule has 0 saturated carbocycles. The summed E-state index contributed by atoms with van der Waals surface area (Å²) >= 11 is 0. The van der Waals surface area contributed by atoms with Crippen LogP contribution in [0.25, 0.3) is 11.2 Å². The third-order valence-electron chi connectivity index (χ3n) is 4.78. The highest BCUT2D eigenvalue weighted by molar-refractivity contribution is 5.83. The van der Waals surface area contributed by atoms with E-state index in [9.17, 15) is 0 Å². The Balaban J connectivity index is 0.000000941. The number of aromatic nitrogens is 4. The van der Waals surface area contributed by atoms with Gasteiger partial charge in [-0.2, -0.15) is 15.0 Å². The molecule has 0 amide bonds. The molecule has 1 fully saturated rings. The fourth-order valence-electron chi connectivity index (χ4n) is 3.32. The van der Waals surface area contributed by atoms with E-state index in [1.165, 1.54) is 25.9 Å². The molecule has 2 aromatic rings. The van der Waals surface area contributed by atoms with Gasteiger partial charge in [-0.1, -0.05) is 13.3 Å². The van der Waals surface area contributed by atoms with Gasteiger partial charge >= 0.3 is 6.01 Å². The van der Waals surface area contributed by atoms with Crippen LogP contribution >= 0.6 is 0 Å². The molecule has 0 bridgehead atoms. The van der Waals surface area contributed by atoms with Gasteiger partial charge < -0.3 is 25.2 Å². The van der Waals surface area contributed by atoms with Gasteiger partial charge in [-0.25, -0.2) is 0 Å². The summed E-state index contributed by atoms with van der Waals surface area (Å²) in [5.74, 6) is 0.329. The van der Waals surface area contributed by atoms with Crippen LogP contribution in [0, 0.1) is 0 Å². The van der Waals surface area contributed by atoms with E-state index in [0.717, 1.165) is 38.8 Å². The summed E-state index contributed by atoms with van der Waals surface area (Å²) in [6.07, 6.45) is 6.85. The zero-order chi connectivity index (χ0) is 21.1. The van der Waals surface area contributed by atoms with Gasteiger partial charge in [0.15, 0.2) is 17.0 Å². The Morgan fingerprint density at radius 1 is 1.14 bits per heavy atom. The fourth-order valence-corrected chi connectivity index (χ4v) is 3.32. The third kappa shape index (κ3) is 6.45. The lowest BCUT2D eigenvalue weighted by atomic mass is 10.3. The zero-order valence-electron chi connectivity index (χ0n) is 17.3. The number of nitrogens with two attached hydrogens (primary N) is 1. The smallest absolute Gasteiger partial charge is 0.320 e. The van der Waals surface area contributed by atoms with Crippen molar-refractivity contribution in [3.05, 3.63) is 0 Å². The second-order valence-corrected chi connectivity index (χ2v) is 6.88. The molecule has 1 saturated heterocycles. The zero-order valence-corrected chi connectivity index (χ0v) is 17.3. The predicted octanol–water partition coefficient (Wildman–Crippen LogP) is 2.17. The van der Waals surface area contributed by atoms with Gasteiger partial charge in [-0.05, 0) is 51.7 Å². The first-order valence-electron chi connectivity index (χ1n) is 10.1. The molecule has 3 N–H and O–H groups in total. The van der Waals surface area contributed by atoms with Crippen LogP contribution in [0.2, 0.25) is 0 Å². The molecule has 10 heteroatoms. The Morgan fingerprint density at radius 3 is 2.48 bits per heavy atom. The number of hydrogen-bond donors (Lipinski definition) is 2. The highest BCUT2D eigenvalue weighted by atomic mass is 16.5. The number of unbranched alkanes of at least 4 members (excludes halogenated alkanes) is 2. The van der Waals surface area contributed by atoms with Gasteiger partial charge in [-0.15, -0.1) is 0 Å². The normalized spacial score (nSPS) is 13.9. The highest BCUT2D eigenvalue weighted by Gasteiger charge is 2.18. The molecule has 2 aromatic heterocycles. The molecule has 1 aliphatic heterocycles. The number of rotatable bonds is 10. The fraction of sp³-hybridized carbons (Fsp3) is 0.684. The predicted molar refractivity (Wildman–Crippen MR) is 110 cm³/mol. The number of imidazole rings is 1. The van der Waals surface area contributed by atoms with Crippen molar-refractivity contribution in [2.24, 2.45) is 0 Å². The standard InChI is InChI=1S/C18H30N6O2.CH2O2/c1-3-4-13-26-17-21-15(19)14-16(22-17)24(18(20-14)25-2)12-8-7-11-23-9-5-6-10-23;2-1-3/h3-13H2,1-2H3,(H2,19,21,22);1H,(H,2,3). The summed E-state index contributed by atoms with van der Waals surface area (Å²) in [5, 5.41) is 6.89. The number of anilines is 1. The number of methoxy groups -OCH3 is 1. The minimum Gasteiger partial charge on any atom is -0.483 e. The summed E-state index contributed by atoms with van der Waals surface area (Å²) in [4.78, 5) is 24.1. The Kier molecular flexibility index (Phi) is 9.42. The maximum atomic E-state index is 8.36. The van der Waals surface area contributed by atoms with Crippen molar-refractivity contribution in [3.8, 4) is 12.0 Å². The van der Waals surface area contributed by atoms with Gasteiger partial charge in [0.25, 0.3) is 12.5 Å². The monoisotopic (exact) mass is 408 g/mol. The van der Waals surface area contributed by atoms with Crippen molar-refractivity contribution in [3.63, 3.8) is 0 Å². The van der Waals surface area contributed by atoms with Crippen LogP contribution in [-0.2, 0) is 11.3 Å². The van der Waals surface area contributed by atoms with Crippen LogP contribution < -0.4 is 15.2 Å². The average Bonchev–Trinajstić information content (AvgIpc) is 3.34. The van der Waals surface area contributed by atoms with Crippen LogP contribution in [0.4, 0.5) is 5.82 Å². The second kappa shape index (κ2) is 12.1. The first-order chi connectivity index (χ1) is 14.1. The SMILES string of the molecule is CCCCOc1nc(N)c2nc(OC)n(CCCCN3CCCC3)c2n1.O=CO. The number of hydrogen-bond acceptors (Lipinski definition) is 8. The van der Waals surface area contributed by atoms with Crippen molar-refractivity contribution in [2.45, 2.75) is 52.0 Å². The van der Waals surface area contributed by atoms with Gasteiger partial charge in [0.2, 0.25) is 0 Å². The Bertz CT molecular complexity index is 761. The first-order valence-corrected chi connectivity index (χ1v) is 10.1. The number of likely N-dealkylation sites (tertiary alicyclic amines) is 1. The molecule has 0 radical (unpaired) electrons. The molecular formula is C19H32N6O4. The van der Waals surface area contributed by atoms with E-state index in [0.29, 0.717) is 35.6 Å². The molecule has 29 heavy (non-hydrogen) atoms. The van der Waals surface area contributed by atoms with Crippen LogP contribution in [0.3, 0.4) is 0 Å². The Hall–Kier alpha value is -2.62. The largest absolute Gasteiger partial charge is 0.483 e. The molecule has 10 nitrogen and oxygen atoms in total. The third-order valence-corrected chi connectivity index (χ3v) is 4.78. The maximum absolute atomic E-state index is 8.36. The molecule has 0 aromatic carbocycles. The topological polar surface area (TPSA) is 129 Å². The van der Waals surface area contributed by atoms with Crippen LogP contribution in [0.1, 0.15) is 45.4 Å². The number of aryl methyl sites for hydroxylation is 1. The molecule has 0 atom stereocenters. The Labute approximate surface area is 171 Å². The van der Waals surface area contributed by atoms with Crippen molar-refractivity contribution >= 4 is 23.5 Å². The highest BCUT2D eigenvalue weighted by Crippen LogP contribution is 2.26. The number of carboxylic acid groups (broad SMARTS) is 1. The van der Waals surface area contributed by atoms with E-state index in [4.69, 9.17) is 25.1 Å². The molecule has 3 heterocycles. The van der Waals surface area contributed by atoms with Crippen LogP contribution in [0.5, 0.6) is 12.0 Å². The molecule has 0 spiro atoms. The number of carbonyl (C=O) groups is 1. The van der Waals surface area contributed by atoms with Crippen molar-refractivity contribution in [2.75, 3.05) is 39.1 Å². The number of nitrogen functional groups attached to an aromatic ring is 1. The van der Waals surface area contributed by atoms with Gasteiger partial charge in [-0.3, -0.25) is 9.36 Å². The molecule has 1 aliphatic rings. The number of fused-ring (bicyclic) bond motifs is 1. The summed E-state index contributed by atoms with van der Waals surface area (Å²) in [5.41, 5.74) is 7.32. The van der Waals surface area contributed by atoms with Crippen molar-refractivity contribution < 1.29 is 19.4 Å². The van der Waals surface area contributed by atoms with E-state index >= 15 is 0 Å². The van der Waals surface area contributed by atoms with Crippen LogP contribution in [0.15, 0.2) is 0 Å². The van der Waals surface area contributed by atoms with Crippen LogP contribution in [-0.4, -0.2) is 69.3 Å². The molecule has 0 aliphatic carbocycles. The maximum Gasteiger partial charge on any atom is 0.320 e. The number of nitrogens with zero attached hydrogens (tertiary/aromatic N) is 5. The molecular weight excluding hydrogens is 376 g/mol. The number of ether oxygens (including phenoxy) is 2. The lowest BCUT2D eigenvalue weighted by Crippen LogP contribution is -2.20. The summed E-state index contributed by atoms with van der Waals surface area (Å²) in [6, 6.07) is 0.831. The Morgan fingerprint density at radius 2 is 1.83 bits per heavy atom. The summed E-state index contributed by atoms with van der Waals surface area (Å²) in [7, 11) is 1.62. The molecule has 0 unspecified atom stereocenters. The molecule has 162 valence electrons. The van der Waals surface area contributed by atoms with E-state index in [1.807, 2.05) is 4.57 Å². The van der Waals surface area contributed by atoms with E-state index < -0.39 is 0 Å². The van der Waals surface area contributed by atoms with E-state index in [1.54, 1.807) is 7.11 Å². The van der Waals surface area contributed by atoms with E-state index in [-0.39, 0.29) is 6.47 Å². The quantitative estimate of drug-likeness (QED) is 0.449. The lowest BCUT2D eigenvalue weighted by molar-refractivity contribution is -0.122. The lowest BCUT2D eigenvalue weighted by Gasteiger charge is -2.14. The van der Waals surface area contributed by atoms with Gasteiger partial charge in [0, 0.05) is 6.54 Å². The first kappa shape index (κ1) is 22.7. The summed E-state index contributed by atoms with van der Waals surface area (Å²) in [6.45, 7) is 6.86. The second-order valence-electron chi connectivity index (χ2n) is 6.88. The van der Waals surface area contributed by atoms with Crippen molar-refractivity contribution in [1.82, 2.24) is 24.4 Å². The minimum absolute atomic E-state index is 0.250.